The van der Waals surface area contributed by atoms with Gasteiger partial charge in [-0.3, -0.25) is 44.0 Å². The van der Waals surface area contributed by atoms with Crippen molar-refractivity contribution in [1.82, 2.24) is 25.3 Å². The molecule has 5 heterocycles. The molecular weight excluding hydrogens is 1930 g/mol. The minimum Gasteiger partial charge on any atom is -0.508 e. The van der Waals surface area contributed by atoms with Gasteiger partial charge in [0.1, 0.15) is 16.8 Å². The van der Waals surface area contributed by atoms with Gasteiger partial charge in [-0.2, -0.15) is 5.26 Å². The SMILES string of the molecule is COc1ccc(/C=C(\C#N)c2ccc(O)cc2)cc1OC1CCCC1.COc1ccc(CCCNC(=O)C(N)=O)cc1OC1CCCC1.COc1ccc(Cc2nc3cc(Cl)cc(Br)c3o2)cc1OC.COc1ccc(Cc2nc3cccc([N+](=O)[O-])c3o2)cc1OC1CCCC1.COc1ccc([C@@H]2CC[S@@](=O)C2)cc1OC1CCCC1.O=[N+]([O-])c1cccc(-c2cc(Cc3ccncc3)cc3cccnc23)c1. The van der Waals surface area contributed by atoms with Crippen LogP contribution in [0.1, 0.15) is 178 Å². The van der Waals surface area contributed by atoms with Gasteiger partial charge in [-0.05, 0) is 340 Å². The molecule has 5 aliphatic rings. The van der Waals surface area contributed by atoms with E-state index in [4.69, 9.17) is 73.5 Å². The molecule has 4 aliphatic carbocycles. The quantitative estimate of drug-likeness (QED) is 0.00940. The van der Waals surface area contributed by atoms with Crippen LogP contribution in [0.3, 0.4) is 0 Å². The average Bonchev–Trinajstić information content (AvgIpc) is 1.78. The number of hydrogen-bond acceptors (Lipinski definition) is 25. The van der Waals surface area contributed by atoms with Gasteiger partial charge in [0.2, 0.25) is 5.58 Å². The standard InChI is InChI=1S/C21H15N3O2.C21H21NO3.C20H20N2O5.C17H24N2O4.C16H13BrClNO3.C16H22O3S/c25-24(26)19-5-1-3-17(14-19)20-13-16(11-15-6-9-22-10-7-15)12-18-4-2-8-23-21(18)20;1-24-20-11-6-15(13-21(20)25-19-4-2-3-5-19)12-17(14-22)16-7-9-18(23)10-8-16;1-25-17-10-9-13(11-18(17)26-14-5-2-3-6-14)12-19-21-15-7-4-8-16(22(23)24)20(15)27-19;1-22-14-9-8-12(5-4-10-19-17(21)16(18)20)11-15(14)23-13-6-2-3-7-13;1-20-13-4-3-9(5-14(13)21-2)6-15-19-12-8-10(18)7-11(17)16(12)22-15;1-18-15-7-6-12(13-8-9-20(17)11-13)10-16(15)19-14-4-2-3-5-14/h1-10,12-14H,11H2;6-13,19,23H,2-5H2,1H3;4,7-11,14H,2-3,5-6,12H2,1H3;8-9,11,13H,2-7,10H2,1H3,(H2,18,20)(H,19,21);3-5,7-8H,6H2,1-2H3;6-7,10,13-14H,2-5,8-9,11H2,1H3/b;17-12+;;;;/t;;;;;13-,20-/m.....1/s1. The number of ether oxygens (including phenoxy) is 10. The Morgan fingerprint density at radius 3 is 1.62 bits per heavy atom. The number of nitro groups is 2. The second-order valence-electron chi connectivity index (χ2n) is 35.1. The lowest BCUT2D eigenvalue weighted by Crippen LogP contribution is -2.36. The van der Waals surface area contributed by atoms with Crippen LogP contribution in [0.5, 0.6) is 63.2 Å². The molecule has 1 saturated heterocycles. The number of fused-ring (bicyclic) bond motifs is 3. The minimum atomic E-state index is -0.957. The first-order valence-corrected chi connectivity index (χ1v) is 50.4. The number of nitro benzene ring substituents is 2. The Labute approximate surface area is 845 Å². The summed E-state index contributed by atoms with van der Waals surface area (Å²) in [6, 6.07) is 65.0. The third kappa shape index (κ3) is 29.3. The number of para-hydroxylation sites is 1. The molecule has 0 unspecified atom stereocenters. The summed E-state index contributed by atoms with van der Waals surface area (Å²) >= 11 is 9.46. The van der Waals surface area contributed by atoms with Gasteiger partial charge < -0.3 is 72.4 Å². The monoisotopic (exact) mass is 2040 g/mol. The Balaban J connectivity index is 0.000000137. The molecule has 4 saturated carbocycles. The average molecular weight is 2040 g/mol. The number of carbonyl (C=O) groups excluding carboxylic acids is 2. The van der Waals surface area contributed by atoms with Crippen molar-refractivity contribution in [3.63, 3.8) is 0 Å². The molecule has 5 fully saturated rings. The zero-order valence-electron chi connectivity index (χ0n) is 80.6. The van der Waals surface area contributed by atoms with E-state index in [1.165, 1.54) is 69.1 Å². The van der Waals surface area contributed by atoms with E-state index >= 15 is 0 Å². The maximum absolute atomic E-state index is 11.6. The van der Waals surface area contributed by atoms with Crippen LogP contribution in [-0.4, -0.2) is 136 Å². The molecule has 4 aromatic heterocycles. The number of non-ortho nitro benzene ring substituents is 2. The molecule has 2 atom stereocenters. The van der Waals surface area contributed by atoms with Crippen molar-refractivity contribution in [2.45, 2.75) is 172 Å². The van der Waals surface area contributed by atoms with Crippen LogP contribution in [-0.2, 0) is 46.1 Å². The topological polar surface area (TPSA) is 390 Å². The minimum absolute atomic E-state index is 0.0751. The normalized spacial score (nSPS) is 15.1. The number of halogens is 2. The van der Waals surface area contributed by atoms with Gasteiger partial charge >= 0.3 is 17.5 Å². The van der Waals surface area contributed by atoms with E-state index in [0.717, 1.165) is 176 Å². The number of rotatable bonds is 30. The van der Waals surface area contributed by atoms with Gasteiger partial charge in [0.25, 0.3) is 5.69 Å². The Morgan fingerprint density at radius 2 is 1.06 bits per heavy atom. The predicted molar refractivity (Wildman–Crippen MR) is 554 cm³/mol. The molecule has 1 aliphatic heterocycles. The summed E-state index contributed by atoms with van der Waals surface area (Å²) < 4.78 is 80.4. The second-order valence-corrected chi connectivity index (χ2v) is 38.0. The molecule has 32 heteroatoms. The van der Waals surface area contributed by atoms with E-state index < -0.39 is 27.5 Å². The number of phenolic OH excluding ortho intramolecular Hbond substituents is 1. The molecule has 29 nitrogen and oxygen atoms in total. The van der Waals surface area contributed by atoms with Crippen molar-refractivity contribution < 1.29 is 85.0 Å². The third-order valence-corrected chi connectivity index (χ3v) is 27.3. The number of nitrogens with one attached hydrogen (secondary N) is 1. The molecule has 744 valence electrons. The summed E-state index contributed by atoms with van der Waals surface area (Å²) in [6.07, 6.45) is 30.8. The number of nitriles is 1. The van der Waals surface area contributed by atoms with E-state index in [1.807, 2.05) is 115 Å². The molecule has 0 spiro atoms. The molecule has 0 bridgehead atoms. The fourth-order valence-corrected chi connectivity index (χ4v) is 20.2. The fraction of sp³-hybridized carbons (Fsp3) is 0.324. The van der Waals surface area contributed by atoms with Crippen LogP contribution in [0.25, 0.3) is 55.9 Å². The molecule has 0 radical (unpaired) electrons. The van der Waals surface area contributed by atoms with Crippen molar-refractivity contribution >= 4 is 106 Å². The van der Waals surface area contributed by atoms with Crippen LogP contribution in [0.4, 0.5) is 11.4 Å². The van der Waals surface area contributed by atoms with Gasteiger partial charge in [-0.1, -0.05) is 66.2 Å². The van der Waals surface area contributed by atoms with E-state index in [2.05, 4.69) is 71.5 Å². The zero-order chi connectivity index (χ0) is 101. The number of aromatic nitrogens is 4. The Bertz CT molecular complexity index is 6810. The highest BCUT2D eigenvalue weighted by Gasteiger charge is 2.29. The van der Waals surface area contributed by atoms with E-state index in [-0.39, 0.29) is 45.9 Å². The molecule has 19 rings (SSSR count). The van der Waals surface area contributed by atoms with E-state index in [9.17, 15) is 44.4 Å². The number of phenols is 1. The Hall–Kier alpha value is -14.6. The van der Waals surface area contributed by atoms with Gasteiger partial charge in [-0.15, -0.1) is 0 Å². The van der Waals surface area contributed by atoms with E-state index in [0.29, 0.717) is 106 Å². The van der Waals surface area contributed by atoms with Crippen molar-refractivity contribution in [3.8, 4) is 80.4 Å². The lowest BCUT2D eigenvalue weighted by molar-refractivity contribution is -0.384. The number of oxazole rings is 2. The number of nitrogens with two attached hydrogens (primary N) is 1. The first kappa shape index (κ1) is 104. The van der Waals surface area contributed by atoms with Gasteiger partial charge in [0.05, 0.1) is 98.6 Å². The highest BCUT2D eigenvalue weighted by molar-refractivity contribution is 9.10. The number of hydrogen-bond donors (Lipinski definition) is 3. The number of aryl methyl sites for hydroxylation is 1. The Kier molecular flexibility index (Phi) is 37.7. The summed E-state index contributed by atoms with van der Waals surface area (Å²) in [6.45, 7) is 0.409. The molecule has 4 N–H and O–H groups in total. The molecule has 2 amide bonds. The molecule has 10 aromatic carbocycles. The summed E-state index contributed by atoms with van der Waals surface area (Å²) in [5, 5.41) is 45.3. The van der Waals surface area contributed by atoms with Gasteiger partial charge in [0.15, 0.2) is 74.9 Å². The molecular formula is C111H115BrClN9O20S. The number of primary amides is 1. The largest absolute Gasteiger partial charge is 0.508 e. The first-order valence-electron chi connectivity index (χ1n) is 47.7. The number of nitrogens with zero attached hydrogens (tertiary/aromatic N) is 7. The fourth-order valence-electron chi connectivity index (χ4n) is 17.8. The van der Waals surface area contributed by atoms with Crippen molar-refractivity contribution in [2.75, 3.05) is 60.7 Å². The maximum Gasteiger partial charge on any atom is 0.313 e. The third-order valence-electron chi connectivity index (χ3n) is 25.1. The molecule has 14 aromatic rings. The van der Waals surface area contributed by atoms with Crippen molar-refractivity contribution in [2.24, 2.45) is 5.73 Å². The zero-order valence-corrected chi connectivity index (χ0v) is 83.7. The summed E-state index contributed by atoms with van der Waals surface area (Å²) in [5.74, 6) is 8.92. The highest BCUT2D eigenvalue weighted by atomic mass is 79.9. The van der Waals surface area contributed by atoms with Crippen LogP contribution >= 0.6 is 27.5 Å². The number of pyridine rings is 2. The summed E-state index contributed by atoms with van der Waals surface area (Å²) in [4.78, 5) is 60.6. The van der Waals surface area contributed by atoms with Crippen LogP contribution in [0.15, 0.2) is 238 Å². The van der Waals surface area contributed by atoms with Crippen LogP contribution in [0, 0.1) is 31.6 Å². The number of allylic oxidation sites excluding steroid dienone is 1. The van der Waals surface area contributed by atoms with Crippen LogP contribution in [0.2, 0.25) is 5.02 Å². The van der Waals surface area contributed by atoms with E-state index in [1.54, 1.807) is 122 Å². The first-order chi connectivity index (χ1) is 69.5. The van der Waals surface area contributed by atoms with Crippen molar-refractivity contribution in [3.05, 3.63) is 311 Å². The number of benzene rings is 10. The van der Waals surface area contributed by atoms with Crippen molar-refractivity contribution in [1.29, 1.82) is 5.26 Å². The molecule has 143 heavy (non-hydrogen) atoms. The smallest absolute Gasteiger partial charge is 0.313 e. The van der Waals surface area contributed by atoms with Crippen LogP contribution < -0.4 is 58.4 Å². The lowest BCUT2D eigenvalue weighted by Gasteiger charge is -2.18. The second kappa shape index (κ2) is 51.7. The Morgan fingerprint density at radius 1 is 0.538 bits per heavy atom. The summed E-state index contributed by atoms with van der Waals surface area (Å²) in [5.41, 5.74) is 18.3. The highest BCUT2D eigenvalue weighted by Crippen LogP contribution is 2.42. The van der Waals surface area contributed by atoms with Gasteiger partial charge in [-0.25, -0.2) is 9.97 Å². The lowest BCUT2D eigenvalue weighted by atomic mass is 9.96. The summed E-state index contributed by atoms with van der Waals surface area (Å²) in [7, 11) is 9.15. The number of methoxy groups -OCH3 is 6. The number of amides is 2. The number of carbonyl (C=O) groups is 2. The predicted octanol–water partition coefficient (Wildman–Crippen LogP) is 23.9. The van der Waals surface area contributed by atoms with Gasteiger partial charge in [0, 0.05) is 94.5 Å². The maximum atomic E-state index is 11.6. The number of aromatic hydroxyl groups is 1.